The van der Waals surface area contributed by atoms with Gasteiger partial charge in [0.15, 0.2) is 0 Å². The van der Waals surface area contributed by atoms with E-state index in [0.717, 1.165) is 5.56 Å². The molecule has 2 amide bonds. The third-order valence-corrected chi connectivity index (χ3v) is 4.65. The summed E-state index contributed by atoms with van der Waals surface area (Å²) in [6.07, 6.45) is 4.91. The lowest BCUT2D eigenvalue weighted by molar-refractivity contribution is -0.135. The first kappa shape index (κ1) is 18.0. The van der Waals surface area contributed by atoms with Crippen molar-refractivity contribution in [2.75, 3.05) is 13.1 Å². The molecule has 1 aromatic carbocycles. The number of nitrogens with zero attached hydrogens (tertiary/aromatic N) is 2. The van der Waals surface area contributed by atoms with Gasteiger partial charge in [-0.3, -0.25) is 14.6 Å². The van der Waals surface area contributed by atoms with Gasteiger partial charge in [-0.1, -0.05) is 18.2 Å². The fourth-order valence-electron chi connectivity index (χ4n) is 3.16. The van der Waals surface area contributed by atoms with Gasteiger partial charge in [0, 0.05) is 37.9 Å². The lowest BCUT2D eigenvalue weighted by Gasteiger charge is -2.31. The second-order valence-corrected chi connectivity index (χ2v) is 6.54. The Balaban J connectivity index is 1.44. The zero-order valence-corrected chi connectivity index (χ0v) is 14.5. The van der Waals surface area contributed by atoms with Crippen LogP contribution < -0.4 is 5.32 Å². The summed E-state index contributed by atoms with van der Waals surface area (Å²) in [7, 11) is 0. The topological polar surface area (TPSA) is 62.3 Å². The third kappa shape index (κ3) is 4.88. The summed E-state index contributed by atoms with van der Waals surface area (Å²) in [5.41, 5.74) is 1.63. The summed E-state index contributed by atoms with van der Waals surface area (Å²) >= 11 is 0. The number of benzene rings is 1. The minimum absolute atomic E-state index is 0.0195. The second kappa shape index (κ2) is 8.56. The molecule has 0 spiro atoms. The Morgan fingerprint density at radius 3 is 2.62 bits per heavy atom. The minimum Gasteiger partial charge on any atom is -0.352 e. The van der Waals surface area contributed by atoms with Crippen molar-refractivity contribution < 1.29 is 14.0 Å². The molecule has 3 rings (SSSR count). The molecule has 26 heavy (non-hydrogen) atoms. The SMILES string of the molecule is O=C(NCc1cccnc1)C1CCN(C(=O)Cc2cccc(F)c2)CC1. The molecule has 2 aromatic rings. The molecule has 136 valence electrons. The normalized spacial score (nSPS) is 14.9. The molecule has 0 atom stereocenters. The zero-order chi connectivity index (χ0) is 18.4. The number of likely N-dealkylation sites (tertiary alicyclic amines) is 1. The van der Waals surface area contributed by atoms with Crippen LogP contribution in [0.1, 0.15) is 24.0 Å². The molecule has 6 heteroatoms. The largest absolute Gasteiger partial charge is 0.352 e. The van der Waals surface area contributed by atoms with Gasteiger partial charge in [-0.2, -0.15) is 0 Å². The number of hydrogen-bond donors (Lipinski definition) is 1. The molecule has 0 bridgehead atoms. The Hall–Kier alpha value is -2.76. The van der Waals surface area contributed by atoms with Crippen LogP contribution in [-0.4, -0.2) is 34.8 Å². The highest BCUT2D eigenvalue weighted by Crippen LogP contribution is 2.18. The molecular formula is C20H22FN3O2. The summed E-state index contributed by atoms with van der Waals surface area (Å²) in [6.45, 7) is 1.57. The van der Waals surface area contributed by atoms with Crippen LogP contribution in [0.2, 0.25) is 0 Å². The molecule has 1 fully saturated rings. The quantitative estimate of drug-likeness (QED) is 0.895. The standard InChI is InChI=1S/C20H22FN3O2/c21-18-5-1-3-15(11-18)12-19(25)24-9-6-17(7-10-24)20(26)23-14-16-4-2-8-22-13-16/h1-5,8,11,13,17H,6-7,9-10,12,14H2,(H,23,26). The summed E-state index contributed by atoms with van der Waals surface area (Å²) < 4.78 is 13.2. The smallest absolute Gasteiger partial charge is 0.226 e. The molecule has 0 unspecified atom stereocenters. The van der Waals surface area contributed by atoms with Gasteiger partial charge < -0.3 is 10.2 Å². The first-order valence-corrected chi connectivity index (χ1v) is 8.80. The van der Waals surface area contributed by atoms with Gasteiger partial charge in [0.25, 0.3) is 0 Å². The summed E-state index contributed by atoms with van der Waals surface area (Å²) in [5, 5.41) is 2.93. The number of carbonyl (C=O) groups is 2. The van der Waals surface area contributed by atoms with E-state index in [1.54, 1.807) is 29.4 Å². The van der Waals surface area contributed by atoms with E-state index in [2.05, 4.69) is 10.3 Å². The van der Waals surface area contributed by atoms with Crippen LogP contribution >= 0.6 is 0 Å². The fourth-order valence-corrected chi connectivity index (χ4v) is 3.16. The zero-order valence-electron chi connectivity index (χ0n) is 14.5. The maximum absolute atomic E-state index is 13.2. The third-order valence-electron chi connectivity index (χ3n) is 4.65. The maximum Gasteiger partial charge on any atom is 0.226 e. The Bertz CT molecular complexity index is 759. The van der Waals surface area contributed by atoms with E-state index in [4.69, 9.17) is 0 Å². The van der Waals surface area contributed by atoms with Crippen molar-refractivity contribution in [2.45, 2.75) is 25.8 Å². The molecule has 2 heterocycles. The van der Waals surface area contributed by atoms with E-state index >= 15 is 0 Å². The van der Waals surface area contributed by atoms with Gasteiger partial charge in [0.1, 0.15) is 5.82 Å². The number of pyridine rings is 1. The molecule has 0 aliphatic carbocycles. The van der Waals surface area contributed by atoms with Gasteiger partial charge in [-0.05, 0) is 42.2 Å². The molecule has 0 saturated carbocycles. The van der Waals surface area contributed by atoms with Crippen LogP contribution in [0.15, 0.2) is 48.8 Å². The highest BCUT2D eigenvalue weighted by molar-refractivity contribution is 5.81. The molecule has 0 radical (unpaired) electrons. The van der Waals surface area contributed by atoms with Crippen molar-refractivity contribution in [3.8, 4) is 0 Å². The van der Waals surface area contributed by atoms with Crippen molar-refractivity contribution in [1.29, 1.82) is 0 Å². The molecule has 1 aliphatic rings. The average Bonchev–Trinajstić information content (AvgIpc) is 2.67. The predicted octanol–water partition coefficient (Wildman–Crippen LogP) is 2.32. The first-order chi connectivity index (χ1) is 12.6. The van der Waals surface area contributed by atoms with E-state index in [1.165, 1.54) is 12.1 Å². The second-order valence-electron chi connectivity index (χ2n) is 6.54. The van der Waals surface area contributed by atoms with Gasteiger partial charge in [-0.25, -0.2) is 4.39 Å². The lowest BCUT2D eigenvalue weighted by atomic mass is 9.95. The summed E-state index contributed by atoms with van der Waals surface area (Å²) in [4.78, 5) is 30.4. The van der Waals surface area contributed by atoms with Crippen molar-refractivity contribution in [2.24, 2.45) is 5.92 Å². The number of aromatic nitrogens is 1. The van der Waals surface area contributed by atoms with Crippen molar-refractivity contribution >= 4 is 11.8 Å². The van der Waals surface area contributed by atoms with E-state index < -0.39 is 0 Å². The maximum atomic E-state index is 13.2. The molecule has 1 saturated heterocycles. The Labute approximate surface area is 152 Å². The van der Waals surface area contributed by atoms with Gasteiger partial charge in [-0.15, -0.1) is 0 Å². The monoisotopic (exact) mass is 355 g/mol. The van der Waals surface area contributed by atoms with E-state index in [1.807, 2.05) is 12.1 Å². The lowest BCUT2D eigenvalue weighted by Crippen LogP contribution is -2.43. The molecular weight excluding hydrogens is 333 g/mol. The first-order valence-electron chi connectivity index (χ1n) is 8.80. The van der Waals surface area contributed by atoms with Crippen LogP contribution in [0.3, 0.4) is 0 Å². The summed E-state index contributed by atoms with van der Waals surface area (Å²) in [6, 6.07) is 9.86. The fraction of sp³-hybridized carbons (Fsp3) is 0.350. The van der Waals surface area contributed by atoms with Gasteiger partial charge in [0.2, 0.25) is 11.8 Å². The van der Waals surface area contributed by atoms with Gasteiger partial charge in [0.05, 0.1) is 6.42 Å². The van der Waals surface area contributed by atoms with E-state index in [9.17, 15) is 14.0 Å². The van der Waals surface area contributed by atoms with Crippen LogP contribution in [0.25, 0.3) is 0 Å². The molecule has 1 aromatic heterocycles. The van der Waals surface area contributed by atoms with E-state index in [-0.39, 0.29) is 30.0 Å². The van der Waals surface area contributed by atoms with Crippen LogP contribution in [-0.2, 0) is 22.6 Å². The highest BCUT2D eigenvalue weighted by Gasteiger charge is 2.27. The Morgan fingerprint density at radius 2 is 1.92 bits per heavy atom. The Morgan fingerprint density at radius 1 is 1.15 bits per heavy atom. The van der Waals surface area contributed by atoms with Crippen molar-refractivity contribution in [3.63, 3.8) is 0 Å². The Kier molecular flexibility index (Phi) is 5.94. The number of hydrogen-bond acceptors (Lipinski definition) is 3. The number of nitrogens with one attached hydrogen (secondary N) is 1. The average molecular weight is 355 g/mol. The number of piperidine rings is 1. The highest BCUT2D eigenvalue weighted by atomic mass is 19.1. The molecule has 1 aliphatic heterocycles. The minimum atomic E-state index is -0.334. The molecule has 5 nitrogen and oxygen atoms in total. The molecule has 1 N–H and O–H groups in total. The number of carbonyl (C=O) groups excluding carboxylic acids is 2. The number of halogens is 1. The van der Waals surface area contributed by atoms with Gasteiger partial charge >= 0.3 is 0 Å². The van der Waals surface area contributed by atoms with Crippen LogP contribution in [0, 0.1) is 11.7 Å². The van der Waals surface area contributed by atoms with Crippen molar-refractivity contribution in [1.82, 2.24) is 15.2 Å². The van der Waals surface area contributed by atoms with Crippen molar-refractivity contribution in [3.05, 3.63) is 65.7 Å². The number of rotatable bonds is 5. The summed E-state index contributed by atoms with van der Waals surface area (Å²) in [5.74, 6) is -0.417. The van der Waals surface area contributed by atoms with Crippen LogP contribution in [0.4, 0.5) is 4.39 Å². The van der Waals surface area contributed by atoms with Crippen LogP contribution in [0.5, 0.6) is 0 Å². The predicted molar refractivity (Wildman–Crippen MR) is 95.5 cm³/mol. The van der Waals surface area contributed by atoms with E-state index in [0.29, 0.717) is 38.0 Å². The number of amides is 2.